The molecule has 4 nitrogen and oxygen atoms in total. The van der Waals surface area contributed by atoms with Gasteiger partial charge < -0.3 is 5.73 Å². The molecule has 0 radical (unpaired) electrons. The zero-order valence-corrected chi connectivity index (χ0v) is 10.8. The Morgan fingerprint density at radius 3 is 2.71 bits per heavy atom. The van der Waals surface area contributed by atoms with Crippen molar-refractivity contribution in [1.82, 2.24) is 4.98 Å². The zero-order chi connectivity index (χ0) is 9.52. The Morgan fingerprint density at radius 2 is 2.14 bits per heavy atom. The lowest BCUT2D eigenvalue weighted by atomic mass is 10.3. The summed E-state index contributed by atoms with van der Waals surface area (Å²) in [5.41, 5.74) is 6.38. The normalized spacial score (nSPS) is 11.4. The lowest BCUT2D eigenvalue weighted by Gasteiger charge is -1.89. The van der Waals surface area contributed by atoms with E-state index in [9.17, 15) is 0 Å². The van der Waals surface area contributed by atoms with Crippen LogP contribution in [0.25, 0.3) is 0 Å². The number of nitrogens with two attached hydrogens (primary N) is 1. The van der Waals surface area contributed by atoms with Crippen LogP contribution >= 0.6 is 35.7 Å². The highest BCUT2D eigenvalue weighted by Crippen LogP contribution is 1.93. The fourth-order valence-corrected chi connectivity index (χ4v) is 0.772. The van der Waals surface area contributed by atoms with Crippen LogP contribution in [0.15, 0.2) is 34.7 Å². The standard InChI is InChI=1S/C8H10N4S.HI/c1-13-8(9)12-11-6-7-2-4-10-5-3-7;/h2-6H,1H3,(H2,9,12);1H/b11-6+;. The second-order valence-electron chi connectivity index (χ2n) is 2.17. The van der Waals surface area contributed by atoms with Crippen molar-refractivity contribution in [2.45, 2.75) is 0 Å². The first-order valence-electron chi connectivity index (χ1n) is 3.63. The van der Waals surface area contributed by atoms with Crippen LogP contribution in [0, 0.1) is 0 Å². The SMILES string of the molecule is CS/C(N)=N\N=C\c1ccncc1.I. The molecule has 1 heterocycles. The monoisotopic (exact) mass is 322 g/mol. The van der Waals surface area contributed by atoms with Gasteiger partial charge in [-0.15, -0.1) is 29.1 Å². The lowest BCUT2D eigenvalue weighted by molar-refractivity contribution is 1.25. The highest BCUT2D eigenvalue weighted by atomic mass is 127. The van der Waals surface area contributed by atoms with E-state index in [0.29, 0.717) is 5.17 Å². The third kappa shape index (κ3) is 5.18. The van der Waals surface area contributed by atoms with Crippen LogP contribution in [0.5, 0.6) is 0 Å². The van der Waals surface area contributed by atoms with Gasteiger partial charge in [0.25, 0.3) is 0 Å². The van der Waals surface area contributed by atoms with E-state index in [0.717, 1.165) is 5.56 Å². The lowest BCUT2D eigenvalue weighted by Crippen LogP contribution is -2.03. The van der Waals surface area contributed by atoms with Gasteiger partial charge in [-0.2, -0.15) is 5.10 Å². The van der Waals surface area contributed by atoms with Gasteiger partial charge in [0.05, 0.1) is 6.21 Å². The van der Waals surface area contributed by atoms with Crippen molar-refractivity contribution >= 4 is 47.1 Å². The summed E-state index contributed by atoms with van der Waals surface area (Å²) < 4.78 is 0. The van der Waals surface area contributed by atoms with Gasteiger partial charge in [0.15, 0.2) is 5.17 Å². The fourth-order valence-electron chi connectivity index (χ4n) is 0.643. The highest BCUT2D eigenvalue weighted by molar-refractivity contribution is 14.0. The Hall–Kier alpha value is -0.630. The Kier molecular flexibility index (Phi) is 7.40. The minimum absolute atomic E-state index is 0. The van der Waals surface area contributed by atoms with E-state index in [1.165, 1.54) is 11.8 Å². The molecule has 0 bridgehead atoms. The smallest absolute Gasteiger partial charge is 0.180 e. The van der Waals surface area contributed by atoms with E-state index >= 15 is 0 Å². The molecular weight excluding hydrogens is 311 g/mol. The maximum atomic E-state index is 5.42. The number of aromatic nitrogens is 1. The number of amidine groups is 1. The molecule has 0 aromatic carbocycles. The number of thioether (sulfide) groups is 1. The number of pyridine rings is 1. The Labute approximate surface area is 104 Å². The van der Waals surface area contributed by atoms with Crippen molar-refractivity contribution < 1.29 is 0 Å². The highest BCUT2D eigenvalue weighted by Gasteiger charge is 1.84. The predicted octanol–water partition coefficient (Wildman–Crippen LogP) is 1.71. The number of hydrogen-bond acceptors (Lipinski definition) is 4. The first kappa shape index (κ1) is 13.4. The number of halogens is 1. The summed E-state index contributed by atoms with van der Waals surface area (Å²) in [4.78, 5) is 3.88. The Morgan fingerprint density at radius 1 is 1.50 bits per heavy atom. The van der Waals surface area contributed by atoms with Crippen molar-refractivity contribution in [3.63, 3.8) is 0 Å². The van der Waals surface area contributed by atoms with Crippen LogP contribution in [0.1, 0.15) is 5.56 Å². The van der Waals surface area contributed by atoms with E-state index in [1.807, 2.05) is 18.4 Å². The number of hydrogen-bond donors (Lipinski definition) is 1. The van der Waals surface area contributed by atoms with Gasteiger partial charge in [-0.25, -0.2) is 0 Å². The quantitative estimate of drug-likeness (QED) is 0.390. The topological polar surface area (TPSA) is 63.6 Å². The summed E-state index contributed by atoms with van der Waals surface area (Å²) in [5.74, 6) is 0. The largest absolute Gasteiger partial charge is 0.377 e. The molecule has 1 aromatic rings. The molecule has 76 valence electrons. The van der Waals surface area contributed by atoms with Crippen LogP contribution in [0.2, 0.25) is 0 Å². The van der Waals surface area contributed by atoms with E-state index in [-0.39, 0.29) is 24.0 Å². The molecule has 0 fully saturated rings. The van der Waals surface area contributed by atoms with Gasteiger partial charge in [0.1, 0.15) is 0 Å². The van der Waals surface area contributed by atoms with Crippen LogP contribution in [-0.2, 0) is 0 Å². The summed E-state index contributed by atoms with van der Waals surface area (Å²) >= 11 is 1.36. The molecule has 2 N–H and O–H groups in total. The average Bonchev–Trinajstić information content (AvgIpc) is 2.19. The molecule has 6 heteroatoms. The minimum atomic E-state index is 0. The van der Waals surface area contributed by atoms with Gasteiger partial charge >= 0.3 is 0 Å². The Bertz CT molecular complexity index is 312. The van der Waals surface area contributed by atoms with Gasteiger partial charge in [-0.05, 0) is 24.0 Å². The van der Waals surface area contributed by atoms with Crippen molar-refractivity contribution in [3.05, 3.63) is 30.1 Å². The van der Waals surface area contributed by atoms with Crippen LogP contribution in [0.3, 0.4) is 0 Å². The van der Waals surface area contributed by atoms with Gasteiger partial charge in [-0.3, -0.25) is 4.98 Å². The van der Waals surface area contributed by atoms with Crippen molar-refractivity contribution in [1.29, 1.82) is 0 Å². The molecule has 0 atom stereocenters. The molecule has 0 unspecified atom stereocenters. The predicted molar refractivity (Wildman–Crippen MR) is 72.4 cm³/mol. The summed E-state index contributed by atoms with van der Waals surface area (Å²) in [7, 11) is 0. The van der Waals surface area contributed by atoms with E-state index in [1.54, 1.807) is 18.6 Å². The first-order chi connectivity index (χ1) is 6.33. The average molecular weight is 322 g/mol. The first-order valence-corrected chi connectivity index (χ1v) is 4.86. The van der Waals surface area contributed by atoms with Crippen molar-refractivity contribution in [3.8, 4) is 0 Å². The van der Waals surface area contributed by atoms with Crippen LogP contribution in [0.4, 0.5) is 0 Å². The van der Waals surface area contributed by atoms with Crippen LogP contribution < -0.4 is 5.73 Å². The van der Waals surface area contributed by atoms with Gasteiger partial charge in [0, 0.05) is 12.4 Å². The molecule has 0 spiro atoms. The van der Waals surface area contributed by atoms with Crippen LogP contribution in [-0.4, -0.2) is 22.6 Å². The summed E-state index contributed by atoms with van der Waals surface area (Å²) in [6, 6.07) is 3.68. The van der Waals surface area contributed by atoms with E-state index in [4.69, 9.17) is 5.73 Å². The molecule has 1 aromatic heterocycles. The third-order valence-electron chi connectivity index (χ3n) is 1.28. The number of nitrogens with zero attached hydrogens (tertiary/aromatic N) is 3. The molecule has 0 amide bonds. The maximum Gasteiger partial charge on any atom is 0.180 e. The summed E-state index contributed by atoms with van der Waals surface area (Å²) in [5, 5.41) is 8.00. The zero-order valence-electron chi connectivity index (χ0n) is 7.62. The Balaban J connectivity index is 0.00000169. The summed E-state index contributed by atoms with van der Waals surface area (Å²) in [6.45, 7) is 0. The van der Waals surface area contributed by atoms with Gasteiger partial charge in [-0.1, -0.05) is 11.8 Å². The second-order valence-corrected chi connectivity index (χ2v) is 2.99. The molecule has 0 aliphatic carbocycles. The molecule has 0 saturated heterocycles. The van der Waals surface area contributed by atoms with Gasteiger partial charge in [0.2, 0.25) is 0 Å². The minimum Gasteiger partial charge on any atom is -0.377 e. The van der Waals surface area contributed by atoms with E-state index in [2.05, 4.69) is 15.2 Å². The summed E-state index contributed by atoms with van der Waals surface area (Å²) in [6.07, 6.45) is 6.87. The third-order valence-corrected chi connectivity index (χ3v) is 1.78. The fraction of sp³-hybridized carbons (Fsp3) is 0.125. The van der Waals surface area contributed by atoms with E-state index < -0.39 is 0 Å². The van der Waals surface area contributed by atoms with Crippen molar-refractivity contribution in [2.24, 2.45) is 15.9 Å². The molecule has 0 saturated carbocycles. The second kappa shape index (κ2) is 7.74. The molecular formula is C8H11IN4S. The number of rotatable bonds is 2. The molecule has 0 aliphatic rings. The molecule has 1 rings (SSSR count). The molecule has 14 heavy (non-hydrogen) atoms. The molecule has 0 aliphatic heterocycles. The van der Waals surface area contributed by atoms with Crippen molar-refractivity contribution in [2.75, 3.05) is 6.26 Å². The maximum absolute atomic E-state index is 5.42.